The maximum atomic E-state index is 13.3. The van der Waals surface area contributed by atoms with Gasteiger partial charge in [-0.25, -0.2) is 4.39 Å². The predicted octanol–water partition coefficient (Wildman–Crippen LogP) is 2.49. The van der Waals surface area contributed by atoms with Crippen LogP contribution in [0.15, 0.2) is 18.2 Å². The summed E-state index contributed by atoms with van der Waals surface area (Å²) in [6.07, 6.45) is -0.329. The number of rotatable bonds is 7. The van der Waals surface area contributed by atoms with Gasteiger partial charge in [0.15, 0.2) is 17.9 Å². The molecule has 0 aliphatic heterocycles. The van der Waals surface area contributed by atoms with Gasteiger partial charge in [-0.3, -0.25) is 0 Å². The number of benzene rings is 1. The number of halogens is 1. The Labute approximate surface area is 113 Å². The highest BCUT2D eigenvalue weighted by molar-refractivity contribution is 5.31. The van der Waals surface area contributed by atoms with E-state index in [-0.39, 0.29) is 29.9 Å². The fourth-order valence-corrected chi connectivity index (χ4v) is 2.02. The van der Waals surface area contributed by atoms with Crippen LogP contribution in [-0.4, -0.2) is 33.7 Å². The average molecular weight is 271 g/mol. The van der Waals surface area contributed by atoms with Gasteiger partial charge < -0.3 is 19.5 Å². The Morgan fingerprint density at radius 3 is 2.26 bits per heavy atom. The molecule has 1 N–H and O–H groups in total. The Balaban J connectivity index is 2.75. The second kappa shape index (κ2) is 7.43. The maximum Gasteiger partial charge on any atom is 0.171 e. The average Bonchev–Trinajstić information content (AvgIpc) is 2.40. The van der Waals surface area contributed by atoms with Crippen molar-refractivity contribution in [3.63, 3.8) is 0 Å². The van der Waals surface area contributed by atoms with Gasteiger partial charge in [-0.05, 0) is 31.5 Å². The summed E-state index contributed by atoms with van der Waals surface area (Å²) in [6.45, 7) is 3.96. The molecule has 0 spiro atoms. The molecule has 1 rings (SSSR count). The summed E-state index contributed by atoms with van der Waals surface area (Å²) in [5, 5.41) is 3.34. The molecule has 1 aromatic rings. The van der Waals surface area contributed by atoms with Gasteiger partial charge in [0.2, 0.25) is 0 Å². The first-order valence-electron chi connectivity index (χ1n) is 6.18. The van der Waals surface area contributed by atoms with Crippen LogP contribution in [0.2, 0.25) is 0 Å². The number of nitrogens with one attached hydrogen (secondary N) is 1. The Morgan fingerprint density at radius 2 is 1.74 bits per heavy atom. The Morgan fingerprint density at radius 1 is 1.11 bits per heavy atom. The molecule has 0 aromatic heterocycles. The highest BCUT2D eigenvalue weighted by Gasteiger charge is 2.19. The SMILES string of the molecule is COc1cc(C(C)NC(C)C(OC)OC)ccc1F. The number of ether oxygens (including phenoxy) is 3. The van der Waals surface area contributed by atoms with Crippen LogP contribution >= 0.6 is 0 Å². The van der Waals surface area contributed by atoms with E-state index in [1.165, 1.54) is 13.2 Å². The molecular formula is C14H22FNO3. The van der Waals surface area contributed by atoms with Gasteiger partial charge in [-0.2, -0.15) is 0 Å². The van der Waals surface area contributed by atoms with Gasteiger partial charge in [0.25, 0.3) is 0 Å². The quantitative estimate of drug-likeness (QED) is 0.773. The molecule has 2 atom stereocenters. The molecule has 0 saturated heterocycles. The highest BCUT2D eigenvalue weighted by Crippen LogP contribution is 2.23. The van der Waals surface area contributed by atoms with E-state index in [2.05, 4.69) is 5.32 Å². The lowest BCUT2D eigenvalue weighted by Crippen LogP contribution is -2.40. The minimum atomic E-state index is -0.363. The summed E-state index contributed by atoms with van der Waals surface area (Å²) < 4.78 is 28.7. The summed E-state index contributed by atoms with van der Waals surface area (Å²) >= 11 is 0. The maximum absolute atomic E-state index is 13.3. The topological polar surface area (TPSA) is 39.7 Å². The van der Waals surface area contributed by atoms with Crippen molar-refractivity contribution in [1.82, 2.24) is 5.32 Å². The Bertz CT molecular complexity index is 396. The van der Waals surface area contributed by atoms with Gasteiger partial charge in [-0.1, -0.05) is 6.07 Å². The predicted molar refractivity (Wildman–Crippen MR) is 71.8 cm³/mol. The van der Waals surface area contributed by atoms with E-state index in [1.54, 1.807) is 26.4 Å². The molecular weight excluding hydrogens is 249 g/mol. The van der Waals surface area contributed by atoms with Gasteiger partial charge >= 0.3 is 0 Å². The molecule has 0 bridgehead atoms. The smallest absolute Gasteiger partial charge is 0.171 e. The molecule has 0 radical (unpaired) electrons. The van der Waals surface area contributed by atoms with Crippen LogP contribution in [0.1, 0.15) is 25.5 Å². The minimum Gasteiger partial charge on any atom is -0.494 e. The van der Waals surface area contributed by atoms with Crippen molar-refractivity contribution in [2.24, 2.45) is 0 Å². The molecule has 0 amide bonds. The first kappa shape index (κ1) is 15.9. The number of hydrogen-bond acceptors (Lipinski definition) is 4. The lowest BCUT2D eigenvalue weighted by Gasteiger charge is -2.26. The van der Waals surface area contributed by atoms with Crippen molar-refractivity contribution in [2.45, 2.75) is 32.2 Å². The number of hydrogen-bond donors (Lipinski definition) is 1. The Hall–Kier alpha value is -1.17. The Kier molecular flexibility index (Phi) is 6.21. The third-order valence-corrected chi connectivity index (χ3v) is 3.06. The molecule has 0 aliphatic carbocycles. The van der Waals surface area contributed by atoms with Crippen LogP contribution in [-0.2, 0) is 9.47 Å². The van der Waals surface area contributed by atoms with Crippen molar-refractivity contribution in [1.29, 1.82) is 0 Å². The molecule has 2 unspecified atom stereocenters. The van der Waals surface area contributed by atoms with Crippen molar-refractivity contribution in [2.75, 3.05) is 21.3 Å². The van der Waals surface area contributed by atoms with E-state index in [0.717, 1.165) is 5.56 Å². The van der Waals surface area contributed by atoms with E-state index in [1.807, 2.05) is 13.8 Å². The summed E-state index contributed by atoms with van der Waals surface area (Å²) in [6, 6.07) is 4.85. The first-order valence-corrected chi connectivity index (χ1v) is 6.18. The van der Waals surface area contributed by atoms with E-state index in [0.29, 0.717) is 0 Å². The zero-order valence-corrected chi connectivity index (χ0v) is 12.1. The fourth-order valence-electron chi connectivity index (χ4n) is 2.02. The van der Waals surface area contributed by atoms with Crippen molar-refractivity contribution in [3.8, 4) is 5.75 Å². The minimum absolute atomic E-state index is 0.000970. The van der Waals surface area contributed by atoms with Gasteiger partial charge in [0, 0.05) is 20.3 Å². The van der Waals surface area contributed by atoms with Crippen LogP contribution in [0.25, 0.3) is 0 Å². The molecule has 5 heteroatoms. The molecule has 19 heavy (non-hydrogen) atoms. The van der Waals surface area contributed by atoms with E-state index >= 15 is 0 Å². The van der Waals surface area contributed by atoms with Crippen molar-refractivity contribution < 1.29 is 18.6 Å². The summed E-state index contributed by atoms with van der Waals surface area (Å²) in [7, 11) is 4.64. The molecule has 0 saturated carbocycles. The molecule has 108 valence electrons. The van der Waals surface area contributed by atoms with Crippen LogP contribution < -0.4 is 10.1 Å². The summed E-state index contributed by atoms with van der Waals surface area (Å²) in [5.74, 6) is -0.119. The van der Waals surface area contributed by atoms with Crippen molar-refractivity contribution >= 4 is 0 Å². The lowest BCUT2D eigenvalue weighted by atomic mass is 10.1. The zero-order chi connectivity index (χ0) is 14.4. The van der Waals surface area contributed by atoms with Crippen molar-refractivity contribution in [3.05, 3.63) is 29.6 Å². The van der Waals surface area contributed by atoms with E-state index < -0.39 is 0 Å². The van der Waals surface area contributed by atoms with Gasteiger partial charge in [0.05, 0.1) is 13.2 Å². The largest absolute Gasteiger partial charge is 0.494 e. The van der Waals surface area contributed by atoms with Gasteiger partial charge in [0.1, 0.15) is 0 Å². The standard InChI is InChI=1S/C14H22FNO3/c1-9(16-10(2)14(18-4)19-5)11-6-7-12(15)13(8-11)17-3/h6-10,14,16H,1-5H3. The number of methoxy groups -OCH3 is 3. The highest BCUT2D eigenvalue weighted by atomic mass is 19.1. The molecule has 4 nitrogen and oxygen atoms in total. The summed E-state index contributed by atoms with van der Waals surface area (Å²) in [5.41, 5.74) is 0.941. The molecule has 0 fully saturated rings. The van der Waals surface area contributed by atoms with Crippen LogP contribution in [0.5, 0.6) is 5.75 Å². The van der Waals surface area contributed by atoms with Crippen LogP contribution in [0, 0.1) is 5.82 Å². The molecule has 0 heterocycles. The van der Waals surface area contributed by atoms with Gasteiger partial charge in [-0.15, -0.1) is 0 Å². The summed E-state index contributed by atoms with van der Waals surface area (Å²) in [4.78, 5) is 0. The monoisotopic (exact) mass is 271 g/mol. The third kappa shape index (κ3) is 4.16. The lowest BCUT2D eigenvalue weighted by molar-refractivity contribution is -0.120. The van der Waals surface area contributed by atoms with E-state index in [4.69, 9.17) is 14.2 Å². The third-order valence-electron chi connectivity index (χ3n) is 3.06. The second-order valence-corrected chi connectivity index (χ2v) is 4.41. The normalized spacial score (nSPS) is 14.5. The molecule has 1 aromatic carbocycles. The second-order valence-electron chi connectivity index (χ2n) is 4.41. The van der Waals surface area contributed by atoms with E-state index in [9.17, 15) is 4.39 Å². The van der Waals surface area contributed by atoms with Crippen LogP contribution in [0.3, 0.4) is 0 Å². The fraction of sp³-hybridized carbons (Fsp3) is 0.571. The van der Waals surface area contributed by atoms with Crippen LogP contribution in [0.4, 0.5) is 4.39 Å². The first-order chi connectivity index (χ1) is 9.03. The zero-order valence-electron chi connectivity index (χ0n) is 12.1. The molecule has 0 aliphatic rings.